The molecule has 0 aromatic rings. The van der Waals surface area contributed by atoms with E-state index in [2.05, 4.69) is 19.2 Å². The van der Waals surface area contributed by atoms with Crippen LogP contribution in [-0.4, -0.2) is 25.8 Å². The van der Waals surface area contributed by atoms with Gasteiger partial charge in [-0.2, -0.15) is 0 Å². The average Bonchev–Trinajstić information content (AvgIpc) is 2.57. The van der Waals surface area contributed by atoms with Crippen molar-refractivity contribution >= 4 is 0 Å². The van der Waals surface area contributed by atoms with Crippen LogP contribution < -0.4 is 5.32 Å². The van der Waals surface area contributed by atoms with Gasteiger partial charge in [0.15, 0.2) is 0 Å². The van der Waals surface area contributed by atoms with Gasteiger partial charge < -0.3 is 10.1 Å². The van der Waals surface area contributed by atoms with Gasteiger partial charge in [0.2, 0.25) is 0 Å². The topological polar surface area (TPSA) is 21.3 Å². The first kappa shape index (κ1) is 14.0. The van der Waals surface area contributed by atoms with E-state index >= 15 is 0 Å². The van der Waals surface area contributed by atoms with Crippen LogP contribution in [0.5, 0.6) is 0 Å². The number of nitrogens with one attached hydrogen (secondary N) is 1. The Labute approximate surface area is 101 Å². The fourth-order valence-electron chi connectivity index (χ4n) is 2.20. The van der Waals surface area contributed by atoms with Crippen LogP contribution in [0, 0.1) is 5.92 Å². The Morgan fingerprint density at radius 1 is 1.19 bits per heavy atom. The van der Waals surface area contributed by atoms with E-state index in [1.54, 1.807) is 0 Å². The second-order valence-electron chi connectivity index (χ2n) is 5.20. The van der Waals surface area contributed by atoms with Crippen molar-refractivity contribution in [3.05, 3.63) is 0 Å². The van der Waals surface area contributed by atoms with Crippen LogP contribution in [0.25, 0.3) is 0 Å². The minimum atomic E-state index is 0.549. The second kappa shape index (κ2) is 9.00. The average molecular weight is 227 g/mol. The third kappa shape index (κ3) is 6.49. The van der Waals surface area contributed by atoms with Crippen LogP contribution in [0.15, 0.2) is 0 Å². The summed E-state index contributed by atoms with van der Waals surface area (Å²) in [5, 5.41) is 3.47. The highest BCUT2D eigenvalue weighted by atomic mass is 16.5. The van der Waals surface area contributed by atoms with Crippen LogP contribution in [0.1, 0.15) is 58.8 Å². The second-order valence-corrected chi connectivity index (χ2v) is 5.20. The summed E-state index contributed by atoms with van der Waals surface area (Å²) in [4.78, 5) is 0. The Morgan fingerprint density at radius 3 is 2.50 bits per heavy atom. The lowest BCUT2D eigenvalue weighted by molar-refractivity contribution is 0.0449. The molecular weight excluding hydrogens is 198 g/mol. The third-order valence-electron chi connectivity index (χ3n) is 3.62. The molecule has 0 amide bonds. The molecule has 1 unspecified atom stereocenters. The van der Waals surface area contributed by atoms with Crippen molar-refractivity contribution in [1.29, 1.82) is 0 Å². The van der Waals surface area contributed by atoms with E-state index in [9.17, 15) is 0 Å². The van der Waals surface area contributed by atoms with Gasteiger partial charge in [0.25, 0.3) is 0 Å². The third-order valence-corrected chi connectivity index (χ3v) is 3.62. The molecule has 16 heavy (non-hydrogen) atoms. The van der Waals surface area contributed by atoms with Crippen molar-refractivity contribution in [2.24, 2.45) is 5.92 Å². The van der Waals surface area contributed by atoms with Gasteiger partial charge in [-0.15, -0.1) is 0 Å². The highest BCUT2D eigenvalue weighted by molar-refractivity contribution is 4.64. The molecule has 0 aliphatic heterocycles. The van der Waals surface area contributed by atoms with E-state index in [1.807, 2.05) is 0 Å². The van der Waals surface area contributed by atoms with E-state index in [-0.39, 0.29) is 0 Å². The van der Waals surface area contributed by atoms with Gasteiger partial charge >= 0.3 is 0 Å². The summed E-state index contributed by atoms with van der Waals surface area (Å²) < 4.78 is 5.92. The summed E-state index contributed by atoms with van der Waals surface area (Å²) in [5.74, 6) is 0.790. The summed E-state index contributed by atoms with van der Waals surface area (Å²) in [6, 6.07) is 0. The molecule has 0 aromatic carbocycles. The minimum absolute atomic E-state index is 0.549. The summed E-state index contributed by atoms with van der Waals surface area (Å²) in [5.41, 5.74) is 0. The van der Waals surface area contributed by atoms with Gasteiger partial charge in [-0.1, -0.05) is 46.0 Å². The van der Waals surface area contributed by atoms with Crippen LogP contribution in [-0.2, 0) is 4.74 Å². The zero-order valence-corrected chi connectivity index (χ0v) is 11.1. The van der Waals surface area contributed by atoms with Crippen LogP contribution in [0.4, 0.5) is 0 Å². The summed E-state index contributed by atoms with van der Waals surface area (Å²) in [6.07, 6.45) is 9.93. The zero-order valence-electron chi connectivity index (χ0n) is 11.1. The fraction of sp³-hybridized carbons (Fsp3) is 1.00. The predicted molar refractivity (Wildman–Crippen MR) is 69.8 cm³/mol. The molecule has 96 valence electrons. The van der Waals surface area contributed by atoms with Crippen molar-refractivity contribution in [2.75, 3.05) is 19.7 Å². The summed E-state index contributed by atoms with van der Waals surface area (Å²) in [7, 11) is 0. The quantitative estimate of drug-likeness (QED) is 0.532. The molecule has 1 aliphatic rings. The van der Waals surface area contributed by atoms with E-state index < -0.39 is 0 Å². The molecule has 0 radical (unpaired) electrons. The van der Waals surface area contributed by atoms with Crippen LogP contribution >= 0.6 is 0 Å². The highest BCUT2D eigenvalue weighted by Gasteiger charge is 2.11. The molecule has 1 aliphatic carbocycles. The van der Waals surface area contributed by atoms with Crippen molar-refractivity contribution in [1.82, 2.24) is 5.32 Å². The van der Waals surface area contributed by atoms with Crippen LogP contribution in [0.3, 0.4) is 0 Å². The molecule has 1 atom stereocenters. The Hall–Kier alpha value is -0.0800. The Balaban J connectivity index is 1.93. The predicted octanol–water partition coefficient (Wildman–Crippen LogP) is 3.36. The van der Waals surface area contributed by atoms with Gasteiger partial charge in [-0.05, 0) is 25.3 Å². The zero-order chi connectivity index (χ0) is 11.6. The van der Waals surface area contributed by atoms with Gasteiger partial charge in [0.1, 0.15) is 0 Å². The maximum atomic E-state index is 5.92. The lowest BCUT2D eigenvalue weighted by Crippen LogP contribution is -2.26. The largest absolute Gasteiger partial charge is 0.377 e. The Kier molecular flexibility index (Phi) is 7.87. The van der Waals surface area contributed by atoms with Crippen molar-refractivity contribution in [2.45, 2.75) is 64.9 Å². The lowest BCUT2D eigenvalue weighted by Gasteiger charge is -2.16. The Morgan fingerprint density at radius 2 is 1.88 bits per heavy atom. The smallest absolute Gasteiger partial charge is 0.0594 e. The maximum Gasteiger partial charge on any atom is 0.0594 e. The van der Waals surface area contributed by atoms with E-state index in [0.29, 0.717) is 6.10 Å². The highest BCUT2D eigenvalue weighted by Crippen LogP contribution is 2.19. The number of hydrogen-bond donors (Lipinski definition) is 1. The molecule has 1 rings (SSSR count). The van der Waals surface area contributed by atoms with E-state index in [0.717, 1.165) is 25.6 Å². The molecule has 1 N–H and O–H groups in total. The lowest BCUT2D eigenvalue weighted by atomic mass is 10.1. The van der Waals surface area contributed by atoms with Gasteiger partial charge in [0, 0.05) is 6.54 Å². The molecule has 2 nitrogen and oxygen atoms in total. The van der Waals surface area contributed by atoms with E-state index in [4.69, 9.17) is 4.74 Å². The molecule has 1 saturated carbocycles. The van der Waals surface area contributed by atoms with Crippen LogP contribution in [0.2, 0.25) is 0 Å². The minimum Gasteiger partial charge on any atom is -0.377 e. The van der Waals surface area contributed by atoms with Crippen molar-refractivity contribution in [3.63, 3.8) is 0 Å². The number of rotatable bonds is 7. The first-order valence-electron chi connectivity index (χ1n) is 7.15. The molecule has 0 saturated heterocycles. The molecule has 0 aromatic heterocycles. The van der Waals surface area contributed by atoms with Gasteiger partial charge in [0.05, 0.1) is 12.7 Å². The van der Waals surface area contributed by atoms with E-state index in [1.165, 1.54) is 44.9 Å². The normalized spacial score (nSPS) is 20.6. The molecule has 0 bridgehead atoms. The number of ether oxygens (including phenoxy) is 1. The molecule has 2 heteroatoms. The molecular formula is C14H29NO. The summed E-state index contributed by atoms with van der Waals surface area (Å²) >= 11 is 0. The first-order chi connectivity index (χ1) is 7.83. The van der Waals surface area contributed by atoms with Crippen molar-refractivity contribution < 1.29 is 4.74 Å². The van der Waals surface area contributed by atoms with Gasteiger partial charge in [-0.25, -0.2) is 0 Å². The Bertz CT molecular complexity index is 153. The maximum absolute atomic E-state index is 5.92. The fourth-order valence-corrected chi connectivity index (χ4v) is 2.20. The molecule has 0 spiro atoms. The standard InChI is InChI=1S/C14H29NO/c1-3-13(2)12-15-10-11-16-14-8-6-4-5-7-9-14/h13-15H,3-12H2,1-2H3. The summed E-state index contributed by atoms with van der Waals surface area (Å²) in [6.45, 7) is 7.57. The molecule has 1 fully saturated rings. The molecule has 0 heterocycles. The SMILES string of the molecule is CCC(C)CNCCOC1CCCCCC1. The van der Waals surface area contributed by atoms with Crippen molar-refractivity contribution in [3.8, 4) is 0 Å². The first-order valence-corrected chi connectivity index (χ1v) is 7.15. The monoisotopic (exact) mass is 227 g/mol. The number of hydrogen-bond acceptors (Lipinski definition) is 2. The van der Waals surface area contributed by atoms with Gasteiger partial charge in [-0.3, -0.25) is 0 Å².